The van der Waals surface area contributed by atoms with E-state index in [2.05, 4.69) is 4.72 Å². The second kappa shape index (κ2) is 3.66. The van der Waals surface area contributed by atoms with Gasteiger partial charge in [0, 0.05) is 12.0 Å². The first-order valence-corrected chi connectivity index (χ1v) is 3.62. The van der Waals surface area contributed by atoms with E-state index in [4.69, 9.17) is 4.74 Å². The van der Waals surface area contributed by atoms with Gasteiger partial charge in [0.05, 0.1) is 12.9 Å². The van der Waals surface area contributed by atoms with Gasteiger partial charge in [-0.2, -0.15) is 0 Å². The van der Waals surface area contributed by atoms with E-state index in [9.17, 15) is 0 Å². The molecule has 0 unspecified atom stereocenters. The van der Waals surface area contributed by atoms with Crippen molar-refractivity contribution in [2.45, 2.75) is 6.42 Å². The molecule has 1 rings (SSSR count). The maximum absolute atomic E-state index is 5.02. The van der Waals surface area contributed by atoms with Crippen LogP contribution in [0.25, 0.3) is 0 Å². The van der Waals surface area contributed by atoms with Crippen LogP contribution in [0.1, 0.15) is 6.42 Å². The summed E-state index contributed by atoms with van der Waals surface area (Å²) >= 11 is 1.71. The largest absolute Gasteiger partial charge is 0.500 e. The normalized spacial score (nSPS) is 20.0. The molecule has 1 heterocycles. The van der Waals surface area contributed by atoms with Crippen molar-refractivity contribution in [3.63, 3.8) is 0 Å². The van der Waals surface area contributed by atoms with Crippen molar-refractivity contribution in [2.75, 3.05) is 12.4 Å². The fourth-order valence-electron chi connectivity index (χ4n) is 0.465. The Bertz CT molecular complexity index is 74.5. The van der Waals surface area contributed by atoms with E-state index in [1.165, 1.54) is 0 Å². The first-order chi connectivity index (χ1) is 4.00. The van der Waals surface area contributed by atoms with Gasteiger partial charge in [0.25, 0.3) is 0 Å². The Balaban J connectivity index is 2.17. The zero-order valence-electron chi connectivity index (χ0n) is 4.59. The molecule has 0 spiro atoms. The first kappa shape index (κ1) is 5.82. The van der Waals surface area contributed by atoms with Crippen molar-refractivity contribution >= 4 is 11.9 Å². The minimum Gasteiger partial charge on any atom is -0.500 e. The molecule has 0 amide bonds. The van der Waals surface area contributed by atoms with Crippen molar-refractivity contribution in [3.05, 3.63) is 12.5 Å². The zero-order chi connectivity index (χ0) is 5.66. The Morgan fingerprint density at radius 3 is 3.62 bits per heavy atom. The maximum Gasteiger partial charge on any atom is 0.0994 e. The zero-order valence-corrected chi connectivity index (χ0v) is 5.41. The Morgan fingerprint density at radius 1 is 1.62 bits per heavy atom. The molecule has 0 aromatic carbocycles. The van der Waals surface area contributed by atoms with Gasteiger partial charge < -0.3 is 9.46 Å². The summed E-state index contributed by atoms with van der Waals surface area (Å²) in [6, 6.07) is 0. The van der Waals surface area contributed by atoms with Crippen LogP contribution in [0.2, 0.25) is 0 Å². The van der Waals surface area contributed by atoms with Crippen LogP contribution in [0, 0.1) is 0 Å². The summed E-state index contributed by atoms with van der Waals surface area (Å²) in [4.78, 5) is 0. The van der Waals surface area contributed by atoms with Gasteiger partial charge in [-0.3, -0.25) is 0 Å². The van der Waals surface area contributed by atoms with Gasteiger partial charge in [-0.05, 0) is 6.42 Å². The molecular weight excluding hydrogens is 122 g/mol. The molecule has 0 saturated carbocycles. The van der Waals surface area contributed by atoms with Gasteiger partial charge in [-0.1, -0.05) is 11.9 Å². The van der Waals surface area contributed by atoms with Gasteiger partial charge >= 0.3 is 0 Å². The van der Waals surface area contributed by atoms with Crippen LogP contribution in [0.15, 0.2) is 12.5 Å². The summed E-state index contributed by atoms with van der Waals surface area (Å²) in [6.45, 7) is 0.852. The highest BCUT2D eigenvalue weighted by molar-refractivity contribution is 7.97. The molecule has 1 aliphatic rings. The van der Waals surface area contributed by atoms with Crippen LogP contribution >= 0.6 is 11.9 Å². The van der Waals surface area contributed by atoms with Gasteiger partial charge in [-0.15, -0.1) is 0 Å². The van der Waals surface area contributed by atoms with Crippen molar-refractivity contribution in [1.29, 1.82) is 0 Å². The standard InChI is InChI=1S/C5H9NOS/c1-3-7-4-2-6-8-5-1/h2,4,6H,1,3,5H2. The van der Waals surface area contributed by atoms with Crippen LogP contribution < -0.4 is 4.72 Å². The first-order valence-electron chi connectivity index (χ1n) is 2.64. The van der Waals surface area contributed by atoms with Crippen LogP contribution in [0.5, 0.6) is 0 Å². The summed E-state index contributed by atoms with van der Waals surface area (Å²) in [7, 11) is 0. The molecule has 0 radical (unpaired) electrons. The number of nitrogens with one attached hydrogen (secondary N) is 1. The molecule has 0 aliphatic carbocycles. The summed E-state index contributed by atoms with van der Waals surface area (Å²) in [5, 5.41) is 0. The summed E-state index contributed by atoms with van der Waals surface area (Å²) in [6.07, 6.45) is 4.62. The minimum atomic E-state index is 0.852. The third-order valence-corrected chi connectivity index (χ3v) is 1.62. The van der Waals surface area contributed by atoms with E-state index < -0.39 is 0 Å². The molecule has 3 heteroatoms. The van der Waals surface area contributed by atoms with Crippen molar-refractivity contribution in [2.24, 2.45) is 0 Å². The highest BCUT2D eigenvalue weighted by Gasteiger charge is 1.89. The molecule has 1 N–H and O–H groups in total. The second-order valence-corrected chi connectivity index (χ2v) is 2.43. The Labute approximate surface area is 53.4 Å². The lowest BCUT2D eigenvalue weighted by Crippen LogP contribution is -2.00. The van der Waals surface area contributed by atoms with E-state index >= 15 is 0 Å². The SMILES string of the molecule is C1=COCCCSN1. The highest BCUT2D eigenvalue weighted by atomic mass is 32.2. The number of ether oxygens (including phenoxy) is 1. The van der Waals surface area contributed by atoms with Crippen LogP contribution in [0.3, 0.4) is 0 Å². The van der Waals surface area contributed by atoms with Crippen LogP contribution in [-0.2, 0) is 4.74 Å². The lowest BCUT2D eigenvalue weighted by Gasteiger charge is -2.04. The van der Waals surface area contributed by atoms with Gasteiger partial charge in [0.2, 0.25) is 0 Å². The third-order valence-electron chi connectivity index (χ3n) is 0.824. The highest BCUT2D eigenvalue weighted by Crippen LogP contribution is 1.99. The molecule has 1 aliphatic heterocycles. The van der Waals surface area contributed by atoms with Gasteiger partial charge in [0.15, 0.2) is 0 Å². The fourth-order valence-corrected chi connectivity index (χ4v) is 0.997. The van der Waals surface area contributed by atoms with E-state index in [1.807, 2.05) is 6.20 Å². The molecule has 0 aromatic heterocycles. The van der Waals surface area contributed by atoms with Gasteiger partial charge in [0.1, 0.15) is 0 Å². The smallest absolute Gasteiger partial charge is 0.0994 e. The number of hydrogen-bond donors (Lipinski definition) is 1. The Hall–Kier alpha value is -0.310. The molecule has 0 atom stereocenters. The Morgan fingerprint density at radius 2 is 2.62 bits per heavy atom. The average molecular weight is 131 g/mol. The molecular formula is C5H9NOS. The fraction of sp³-hybridized carbons (Fsp3) is 0.600. The van der Waals surface area contributed by atoms with Crippen LogP contribution in [-0.4, -0.2) is 12.4 Å². The number of hydrogen-bond acceptors (Lipinski definition) is 3. The van der Waals surface area contributed by atoms with Crippen molar-refractivity contribution in [3.8, 4) is 0 Å². The van der Waals surface area contributed by atoms with E-state index in [0.29, 0.717) is 0 Å². The minimum absolute atomic E-state index is 0.852. The quantitative estimate of drug-likeness (QED) is 0.498. The summed E-state index contributed by atoms with van der Waals surface area (Å²) in [5.41, 5.74) is 0. The monoisotopic (exact) mass is 131 g/mol. The molecule has 0 fully saturated rings. The van der Waals surface area contributed by atoms with Crippen molar-refractivity contribution in [1.82, 2.24) is 4.72 Å². The Kier molecular flexibility index (Phi) is 2.66. The maximum atomic E-state index is 5.02. The summed E-state index contributed by atoms with van der Waals surface area (Å²) < 4.78 is 8.02. The number of rotatable bonds is 0. The molecule has 0 saturated heterocycles. The van der Waals surface area contributed by atoms with Crippen molar-refractivity contribution < 1.29 is 4.74 Å². The molecule has 0 aromatic rings. The van der Waals surface area contributed by atoms with Gasteiger partial charge in [-0.25, -0.2) is 0 Å². The van der Waals surface area contributed by atoms with Crippen LogP contribution in [0.4, 0.5) is 0 Å². The third kappa shape index (κ3) is 2.12. The molecule has 2 nitrogen and oxygen atoms in total. The average Bonchev–Trinajstić information content (AvgIpc) is 1.62. The topological polar surface area (TPSA) is 21.3 Å². The lowest BCUT2D eigenvalue weighted by molar-refractivity contribution is 0.249. The molecule has 8 heavy (non-hydrogen) atoms. The lowest BCUT2D eigenvalue weighted by atomic mass is 10.5. The van der Waals surface area contributed by atoms with E-state index in [0.717, 1.165) is 18.8 Å². The van der Waals surface area contributed by atoms with E-state index in [-0.39, 0.29) is 0 Å². The predicted octanol–water partition coefficient (Wildman–Crippen LogP) is 1.12. The predicted molar refractivity (Wildman–Crippen MR) is 35.3 cm³/mol. The molecule has 46 valence electrons. The molecule has 0 bridgehead atoms. The second-order valence-electron chi connectivity index (χ2n) is 1.49. The van der Waals surface area contributed by atoms with E-state index in [1.54, 1.807) is 18.2 Å². The summed E-state index contributed by atoms with van der Waals surface area (Å²) in [5.74, 6) is 1.13.